The monoisotopic (exact) mass is 304 g/mol. The Bertz CT molecular complexity index is 549. The Labute approximate surface area is 131 Å². The summed E-state index contributed by atoms with van der Waals surface area (Å²) in [5, 5.41) is 2.92. The summed E-state index contributed by atoms with van der Waals surface area (Å²) < 4.78 is 11.6. The van der Waals surface area contributed by atoms with E-state index in [4.69, 9.17) is 15.2 Å². The maximum atomic E-state index is 12.0. The van der Waals surface area contributed by atoms with Crippen molar-refractivity contribution in [2.75, 3.05) is 7.11 Å². The third-order valence-corrected chi connectivity index (χ3v) is 4.55. The molecule has 22 heavy (non-hydrogen) atoms. The van der Waals surface area contributed by atoms with Crippen LogP contribution in [0.3, 0.4) is 0 Å². The molecule has 5 heteroatoms. The molecule has 0 aromatic heterocycles. The number of methoxy groups -OCH3 is 1. The van der Waals surface area contributed by atoms with Gasteiger partial charge in [-0.3, -0.25) is 4.79 Å². The van der Waals surface area contributed by atoms with Crippen LogP contribution in [0.1, 0.15) is 44.1 Å². The Balaban J connectivity index is 1.72. The first kappa shape index (κ1) is 15.2. The lowest BCUT2D eigenvalue weighted by atomic mass is 10.1. The summed E-state index contributed by atoms with van der Waals surface area (Å²) >= 11 is 0. The van der Waals surface area contributed by atoms with E-state index in [-0.39, 0.29) is 12.0 Å². The number of benzene rings is 1. The van der Waals surface area contributed by atoms with Crippen molar-refractivity contribution < 1.29 is 14.3 Å². The van der Waals surface area contributed by atoms with Crippen LogP contribution >= 0.6 is 0 Å². The molecule has 1 aromatic carbocycles. The number of ether oxygens (including phenoxy) is 2. The molecule has 2 saturated carbocycles. The molecule has 0 heterocycles. The molecule has 3 rings (SSSR count). The van der Waals surface area contributed by atoms with Gasteiger partial charge in [0.15, 0.2) is 11.5 Å². The smallest absolute Gasteiger partial charge is 0.240 e. The third-order valence-electron chi connectivity index (χ3n) is 4.55. The summed E-state index contributed by atoms with van der Waals surface area (Å²) in [6.45, 7) is 0.414. The van der Waals surface area contributed by atoms with Crippen molar-refractivity contribution in [3.63, 3.8) is 0 Å². The van der Waals surface area contributed by atoms with E-state index in [0.29, 0.717) is 12.3 Å². The summed E-state index contributed by atoms with van der Waals surface area (Å²) in [5.74, 6) is 1.38. The van der Waals surface area contributed by atoms with Crippen molar-refractivity contribution in [2.24, 2.45) is 5.73 Å². The number of hydrogen-bond acceptors (Lipinski definition) is 4. The first-order valence-electron chi connectivity index (χ1n) is 8.02. The molecule has 120 valence electrons. The minimum atomic E-state index is -0.647. The van der Waals surface area contributed by atoms with Gasteiger partial charge in [0.1, 0.15) is 0 Å². The van der Waals surface area contributed by atoms with E-state index in [9.17, 15) is 4.79 Å². The zero-order valence-electron chi connectivity index (χ0n) is 13.1. The lowest BCUT2D eigenvalue weighted by Crippen LogP contribution is -2.42. The van der Waals surface area contributed by atoms with Crippen LogP contribution in [0.5, 0.6) is 11.5 Å². The van der Waals surface area contributed by atoms with Crippen LogP contribution in [0, 0.1) is 0 Å². The largest absolute Gasteiger partial charge is 0.493 e. The van der Waals surface area contributed by atoms with Crippen molar-refractivity contribution in [3.05, 3.63) is 23.8 Å². The summed E-state index contributed by atoms with van der Waals surface area (Å²) in [6, 6.07) is 5.77. The number of nitrogens with one attached hydrogen (secondary N) is 1. The number of nitrogens with two attached hydrogens (primary N) is 1. The normalized spacial score (nSPS) is 19.7. The zero-order valence-corrected chi connectivity index (χ0v) is 13.1. The highest BCUT2D eigenvalue weighted by molar-refractivity contribution is 5.89. The Morgan fingerprint density at radius 1 is 1.36 bits per heavy atom. The van der Waals surface area contributed by atoms with Crippen LogP contribution in [0.25, 0.3) is 0 Å². The summed E-state index contributed by atoms with van der Waals surface area (Å²) in [4.78, 5) is 12.0. The first-order valence-corrected chi connectivity index (χ1v) is 8.02. The van der Waals surface area contributed by atoms with Crippen LogP contribution in [0.2, 0.25) is 0 Å². The number of carbonyl (C=O) groups is 1. The van der Waals surface area contributed by atoms with Crippen LogP contribution < -0.4 is 20.5 Å². The fourth-order valence-corrected chi connectivity index (χ4v) is 2.88. The van der Waals surface area contributed by atoms with E-state index in [2.05, 4.69) is 5.32 Å². The van der Waals surface area contributed by atoms with E-state index in [1.807, 2.05) is 18.2 Å². The Morgan fingerprint density at radius 2 is 2.09 bits per heavy atom. The van der Waals surface area contributed by atoms with Crippen molar-refractivity contribution in [1.29, 1.82) is 0 Å². The molecule has 0 bridgehead atoms. The number of amides is 1. The standard InChI is InChI=1S/C17H24N2O3/c1-21-14-8-4-5-12(11-19-16(20)17(18)9-10-17)15(14)22-13-6-2-3-7-13/h4-5,8,13H,2-3,6-7,9-11,18H2,1H3,(H,19,20). The van der Waals surface area contributed by atoms with Crippen molar-refractivity contribution in [2.45, 2.75) is 56.7 Å². The summed E-state index contributed by atoms with van der Waals surface area (Å²) in [6.07, 6.45) is 6.36. The average Bonchev–Trinajstić information content (AvgIpc) is 3.08. The van der Waals surface area contributed by atoms with Gasteiger partial charge in [-0.25, -0.2) is 0 Å². The van der Waals surface area contributed by atoms with Crippen molar-refractivity contribution in [3.8, 4) is 11.5 Å². The number of hydrogen-bond donors (Lipinski definition) is 2. The second-order valence-electron chi connectivity index (χ2n) is 6.31. The average molecular weight is 304 g/mol. The molecule has 0 radical (unpaired) electrons. The van der Waals surface area contributed by atoms with E-state index in [1.165, 1.54) is 12.8 Å². The molecular weight excluding hydrogens is 280 g/mol. The van der Waals surface area contributed by atoms with Crippen LogP contribution in [0.4, 0.5) is 0 Å². The van der Waals surface area contributed by atoms with Gasteiger partial charge >= 0.3 is 0 Å². The van der Waals surface area contributed by atoms with Gasteiger partial charge in [0.2, 0.25) is 5.91 Å². The molecule has 0 atom stereocenters. The molecule has 1 amide bonds. The molecule has 5 nitrogen and oxygen atoms in total. The molecule has 2 fully saturated rings. The quantitative estimate of drug-likeness (QED) is 0.844. The van der Waals surface area contributed by atoms with E-state index in [0.717, 1.165) is 37.0 Å². The predicted octanol–water partition coefficient (Wildman–Crippen LogP) is 2.12. The van der Waals surface area contributed by atoms with Crippen molar-refractivity contribution >= 4 is 5.91 Å². The summed E-state index contributed by atoms with van der Waals surface area (Å²) in [5.41, 5.74) is 6.20. The molecule has 0 saturated heterocycles. The molecule has 0 aliphatic heterocycles. The van der Waals surface area contributed by atoms with Gasteiger partial charge in [-0.1, -0.05) is 12.1 Å². The lowest BCUT2D eigenvalue weighted by Gasteiger charge is -2.20. The zero-order chi connectivity index (χ0) is 15.6. The van der Waals surface area contributed by atoms with Crippen LogP contribution in [-0.4, -0.2) is 24.7 Å². The molecule has 1 aromatic rings. The fraction of sp³-hybridized carbons (Fsp3) is 0.588. The van der Waals surface area contributed by atoms with Gasteiger partial charge in [-0.05, 0) is 44.6 Å². The fourth-order valence-electron chi connectivity index (χ4n) is 2.88. The van der Waals surface area contributed by atoms with E-state index in [1.54, 1.807) is 7.11 Å². The Hall–Kier alpha value is -1.75. The molecule has 0 spiro atoms. The minimum Gasteiger partial charge on any atom is -0.493 e. The highest BCUT2D eigenvalue weighted by Gasteiger charge is 2.45. The second-order valence-corrected chi connectivity index (χ2v) is 6.31. The van der Waals surface area contributed by atoms with Gasteiger partial charge in [0.05, 0.1) is 18.8 Å². The highest BCUT2D eigenvalue weighted by Crippen LogP contribution is 2.35. The Kier molecular flexibility index (Phi) is 4.25. The van der Waals surface area contributed by atoms with Crippen molar-refractivity contribution in [1.82, 2.24) is 5.32 Å². The van der Waals surface area contributed by atoms with Crippen LogP contribution in [0.15, 0.2) is 18.2 Å². The highest BCUT2D eigenvalue weighted by atomic mass is 16.5. The number of para-hydroxylation sites is 1. The molecule has 0 unspecified atom stereocenters. The van der Waals surface area contributed by atoms with Gasteiger partial charge < -0.3 is 20.5 Å². The minimum absolute atomic E-state index is 0.0814. The summed E-state index contributed by atoms with van der Waals surface area (Å²) in [7, 11) is 1.64. The van der Waals surface area contributed by atoms with Gasteiger partial charge in [0, 0.05) is 12.1 Å². The maximum absolute atomic E-state index is 12.0. The number of carbonyl (C=O) groups excluding carboxylic acids is 1. The number of rotatable bonds is 6. The molecule has 2 aliphatic carbocycles. The topological polar surface area (TPSA) is 73.6 Å². The van der Waals surface area contributed by atoms with Crippen LogP contribution in [-0.2, 0) is 11.3 Å². The first-order chi connectivity index (χ1) is 10.6. The van der Waals surface area contributed by atoms with E-state index >= 15 is 0 Å². The predicted molar refractivity (Wildman–Crippen MR) is 83.9 cm³/mol. The Morgan fingerprint density at radius 3 is 2.73 bits per heavy atom. The molecular formula is C17H24N2O3. The van der Waals surface area contributed by atoms with Gasteiger partial charge in [-0.15, -0.1) is 0 Å². The van der Waals surface area contributed by atoms with Gasteiger partial charge in [-0.2, -0.15) is 0 Å². The second kappa shape index (κ2) is 6.16. The lowest BCUT2D eigenvalue weighted by molar-refractivity contribution is -0.123. The molecule has 2 aliphatic rings. The maximum Gasteiger partial charge on any atom is 0.240 e. The SMILES string of the molecule is COc1cccc(CNC(=O)C2(N)CC2)c1OC1CCCC1. The molecule has 3 N–H and O–H groups in total. The van der Waals surface area contributed by atoms with E-state index < -0.39 is 5.54 Å². The van der Waals surface area contributed by atoms with Gasteiger partial charge in [0.25, 0.3) is 0 Å². The third kappa shape index (κ3) is 3.19.